The van der Waals surface area contributed by atoms with Gasteiger partial charge in [0.05, 0.1) is 17.6 Å². The summed E-state index contributed by atoms with van der Waals surface area (Å²) in [6.45, 7) is 4.91. The Kier molecular flexibility index (Phi) is 5.06. The smallest absolute Gasteiger partial charge is 0.329 e. The number of urea groups is 1. The molecule has 0 radical (unpaired) electrons. The number of unbranched alkanes of at least 4 members (excludes halogenated alkanes) is 2. The number of aromatic amines is 1. The quantitative estimate of drug-likeness (QED) is 0.353. The maximum absolute atomic E-state index is 12.3. The van der Waals surface area contributed by atoms with Crippen molar-refractivity contribution in [2.24, 2.45) is 0 Å². The number of hydrogen-bond acceptors (Lipinski definition) is 6. The molecule has 10 nitrogen and oxygen atoms in total. The van der Waals surface area contributed by atoms with E-state index in [0.717, 1.165) is 29.5 Å². The maximum Gasteiger partial charge on any atom is 0.349 e. The molecule has 156 valence electrons. The molecule has 0 atom stereocenters. The van der Waals surface area contributed by atoms with Crippen LogP contribution >= 0.6 is 0 Å². The van der Waals surface area contributed by atoms with E-state index in [2.05, 4.69) is 20.3 Å². The van der Waals surface area contributed by atoms with Gasteiger partial charge in [-0.2, -0.15) is 4.98 Å². The minimum atomic E-state index is -0.704. The van der Waals surface area contributed by atoms with Gasteiger partial charge in [-0.05, 0) is 56.4 Å². The zero-order chi connectivity index (χ0) is 21.4. The molecule has 1 fully saturated rings. The van der Waals surface area contributed by atoms with Gasteiger partial charge in [0.2, 0.25) is 5.91 Å². The number of aryl methyl sites for hydroxylation is 3. The Morgan fingerprint density at radius 2 is 1.70 bits per heavy atom. The first kappa shape index (κ1) is 19.7. The normalized spacial score (nSPS) is 14.1. The highest BCUT2D eigenvalue weighted by Gasteiger charge is 2.27. The summed E-state index contributed by atoms with van der Waals surface area (Å²) in [7, 11) is 0. The fourth-order valence-corrected chi connectivity index (χ4v) is 3.67. The second-order valence-corrected chi connectivity index (χ2v) is 7.50. The second-order valence-electron chi connectivity index (χ2n) is 7.50. The van der Waals surface area contributed by atoms with Gasteiger partial charge in [0.25, 0.3) is 5.56 Å². The van der Waals surface area contributed by atoms with E-state index < -0.39 is 11.2 Å². The predicted molar refractivity (Wildman–Crippen MR) is 109 cm³/mol. The van der Waals surface area contributed by atoms with Gasteiger partial charge in [-0.1, -0.05) is 0 Å². The van der Waals surface area contributed by atoms with E-state index >= 15 is 0 Å². The third-order valence-electron chi connectivity index (χ3n) is 5.42. The van der Waals surface area contributed by atoms with Crippen molar-refractivity contribution in [2.75, 3.05) is 13.1 Å². The summed E-state index contributed by atoms with van der Waals surface area (Å²) in [5, 5.41) is 2.50. The van der Waals surface area contributed by atoms with Gasteiger partial charge >= 0.3 is 11.7 Å². The number of amides is 3. The average Bonchev–Trinajstić information content (AvgIpc) is 3.01. The summed E-state index contributed by atoms with van der Waals surface area (Å²) < 4.78 is 1.86. The van der Waals surface area contributed by atoms with Crippen LogP contribution in [0.4, 0.5) is 4.79 Å². The molecule has 30 heavy (non-hydrogen) atoms. The fourth-order valence-electron chi connectivity index (χ4n) is 3.67. The van der Waals surface area contributed by atoms with E-state index in [0.29, 0.717) is 25.0 Å². The topological polar surface area (TPSA) is 130 Å². The standard InChI is InChI=1S/C20H22N6O4/c1-11-8-13-14(9-12(11)2)25(17-16(22-13)18(28)24-19(29)23-17)6-4-3-5-7-26-15(27)10-21-20(26)30/h8-9H,3-7,10H2,1-2H3,(H,21,30)(H,24,28,29). The summed E-state index contributed by atoms with van der Waals surface area (Å²) in [5.74, 6) is 0.0475. The molecule has 4 rings (SSSR count). The van der Waals surface area contributed by atoms with Crippen LogP contribution in [0, 0.1) is 13.8 Å². The predicted octanol–water partition coefficient (Wildman–Crippen LogP) is 0.924. The van der Waals surface area contributed by atoms with Crippen LogP contribution in [0.25, 0.3) is 22.6 Å². The number of H-pyrrole nitrogens is 1. The Morgan fingerprint density at radius 1 is 0.967 bits per heavy atom. The van der Waals surface area contributed by atoms with Crippen molar-refractivity contribution in [1.29, 1.82) is 0 Å². The van der Waals surface area contributed by atoms with Crippen LogP contribution in [0.1, 0.15) is 30.4 Å². The number of aromatic nitrogens is 4. The molecule has 3 heterocycles. The SMILES string of the molecule is Cc1cc2nc3c(=O)[nH]c(=O)nc-3n(CCCCCN3C(=O)CNC3=O)c2cc1C. The van der Waals surface area contributed by atoms with Crippen molar-refractivity contribution in [2.45, 2.75) is 39.7 Å². The Labute approximate surface area is 171 Å². The lowest BCUT2D eigenvalue weighted by Gasteiger charge is -2.18. The van der Waals surface area contributed by atoms with Gasteiger partial charge in [0, 0.05) is 13.1 Å². The van der Waals surface area contributed by atoms with Crippen molar-refractivity contribution >= 4 is 23.0 Å². The molecule has 3 amide bonds. The number of hydrogen-bond donors (Lipinski definition) is 2. The van der Waals surface area contributed by atoms with E-state index in [4.69, 9.17) is 0 Å². The first-order valence-electron chi connectivity index (χ1n) is 9.85. The minimum absolute atomic E-state index is 0.0557. The number of nitrogens with zero attached hydrogens (tertiary/aromatic N) is 4. The van der Waals surface area contributed by atoms with Gasteiger partial charge in [0.1, 0.15) is 0 Å². The zero-order valence-corrected chi connectivity index (χ0v) is 16.8. The van der Waals surface area contributed by atoms with Crippen LogP contribution in [0.5, 0.6) is 0 Å². The lowest BCUT2D eigenvalue weighted by Crippen LogP contribution is -2.31. The maximum atomic E-state index is 12.3. The summed E-state index contributed by atoms with van der Waals surface area (Å²) in [5.41, 5.74) is 2.46. The molecule has 1 aromatic rings. The van der Waals surface area contributed by atoms with Crippen molar-refractivity contribution in [1.82, 2.24) is 29.7 Å². The van der Waals surface area contributed by atoms with E-state index in [-0.39, 0.29) is 30.0 Å². The molecule has 1 saturated heterocycles. The molecule has 0 bridgehead atoms. The number of carbonyl (C=O) groups excluding carboxylic acids is 2. The highest BCUT2D eigenvalue weighted by atomic mass is 16.2. The van der Waals surface area contributed by atoms with Crippen LogP contribution in [-0.2, 0) is 11.3 Å². The molecule has 1 aromatic carbocycles. The number of imide groups is 1. The molecule has 0 aliphatic carbocycles. The van der Waals surface area contributed by atoms with Gasteiger partial charge in [-0.3, -0.25) is 19.5 Å². The molecule has 0 unspecified atom stereocenters. The van der Waals surface area contributed by atoms with Crippen LogP contribution in [0.3, 0.4) is 0 Å². The van der Waals surface area contributed by atoms with E-state index in [9.17, 15) is 19.2 Å². The number of fused-ring (bicyclic) bond motifs is 2. The van der Waals surface area contributed by atoms with Crippen molar-refractivity contribution in [3.05, 3.63) is 44.1 Å². The fraction of sp³-hybridized carbons (Fsp3) is 0.400. The summed E-state index contributed by atoms with van der Waals surface area (Å²) in [6, 6.07) is 3.55. The lowest BCUT2D eigenvalue weighted by molar-refractivity contribution is -0.125. The molecule has 0 saturated carbocycles. The first-order chi connectivity index (χ1) is 14.3. The summed E-state index contributed by atoms with van der Waals surface area (Å²) in [4.78, 5) is 59.2. The molecule has 0 spiro atoms. The van der Waals surface area contributed by atoms with Crippen molar-refractivity contribution in [3.63, 3.8) is 0 Å². The van der Waals surface area contributed by atoms with Crippen molar-refractivity contribution in [3.8, 4) is 11.5 Å². The second kappa shape index (κ2) is 7.69. The van der Waals surface area contributed by atoms with Crippen molar-refractivity contribution < 1.29 is 9.59 Å². The van der Waals surface area contributed by atoms with Gasteiger partial charge in [-0.25, -0.2) is 14.6 Å². The van der Waals surface area contributed by atoms with Crippen LogP contribution in [-0.4, -0.2) is 49.4 Å². The number of rotatable bonds is 6. The number of carbonyl (C=O) groups is 2. The third-order valence-corrected chi connectivity index (χ3v) is 5.42. The van der Waals surface area contributed by atoms with Crippen LogP contribution in [0.2, 0.25) is 0 Å². The molecular formula is C20H22N6O4. The molecule has 3 aliphatic rings. The number of nitrogens with one attached hydrogen (secondary N) is 2. The Morgan fingerprint density at radius 3 is 2.43 bits per heavy atom. The molecule has 0 aromatic heterocycles. The first-order valence-corrected chi connectivity index (χ1v) is 9.85. The largest absolute Gasteiger partial charge is 0.349 e. The van der Waals surface area contributed by atoms with Gasteiger partial charge in [-0.15, -0.1) is 0 Å². The van der Waals surface area contributed by atoms with Crippen LogP contribution in [0.15, 0.2) is 21.7 Å². The Balaban J connectivity index is 1.60. The minimum Gasteiger partial charge on any atom is -0.329 e. The van der Waals surface area contributed by atoms with Gasteiger partial charge in [0.15, 0.2) is 11.5 Å². The monoisotopic (exact) mass is 410 g/mol. The summed E-state index contributed by atoms with van der Waals surface area (Å²) in [6.07, 6.45) is 2.14. The van der Waals surface area contributed by atoms with Crippen LogP contribution < -0.4 is 16.6 Å². The third kappa shape index (κ3) is 3.56. The lowest BCUT2D eigenvalue weighted by atomic mass is 10.1. The highest BCUT2D eigenvalue weighted by molar-refractivity contribution is 6.01. The Hall–Kier alpha value is -3.56. The Bertz CT molecular complexity index is 1230. The number of benzene rings is 1. The molecular weight excluding hydrogens is 388 g/mol. The molecule has 10 heteroatoms. The molecule has 2 N–H and O–H groups in total. The van der Waals surface area contributed by atoms with E-state index in [1.165, 1.54) is 4.90 Å². The highest BCUT2D eigenvalue weighted by Crippen LogP contribution is 2.24. The summed E-state index contributed by atoms with van der Waals surface area (Å²) >= 11 is 0. The van der Waals surface area contributed by atoms with E-state index in [1.54, 1.807) is 0 Å². The van der Waals surface area contributed by atoms with E-state index in [1.807, 2.05) is 30.5 Å². The molecule has 3 aliphatic heterocycles. The zero-order valence-electron chi connectivity index (χ0n) is 16.8. The average molecular weight is 410 g/mol. The van der Waals surface area contributed by atoms with Gasteiger partial charge < -0.3 is 9.88 Å².